The lowest BCUT2D eigenvalue weighted by molar-refractivity contribution is -0.0383. The number of hydrazone groups is 1. The number of benzene rings is 1. The van der Waals surface area contributed by atoms with Crippen LogP contribution in [-0.2, 0) is 10.0 Å². The molecule has 1 aliphatic rings. The van der Waals surface area contributed by atoms with Crippen molar-refractivity contribution in [1.82, 2.24) is 4.41 Å². The molecule has 0 amide bonds. The van der Waals surface area contributed by atoms with Crippen LogP contribution < -0.4 is 0 Å². The summed E-state index contributed by atoms with van der Waals surface area (Å²) in [7, 11) is -4.14. The van der Waals surface area contributed by atoms with Gasteiger partial charge in [0.1, 0.15) is 0 Å². The van der Waals surface area contributed by atoms with Gasteiger partial charge in [-0.1, -0.05) is 52.5 Å². The quantitative estimate of drug-likeness (QED) is 0.813. The van der Waals surface area contributed by atoms with Gasteiger partial charge in [0.05, 0.1) is 4.90 Å². The molecule has 0 radical (unpaired) electrons. The Balaban J connectivity index is 2.54. The van der Waals surface area contributed by atoms with Crippen LogP contribution >= 0.6 is 34.8 Å². The van der Waals surface area contributed by atoms with Gasteiger partial charge < -0.3 is 5.11 Å². The lowest BCUT2D eigenvalue weighted by Crippen LogP contribution is -2.55. The number of alkyl halides is 3. The highest BCUT2D eigenvalue weighted by Gasteiger charge is 2.59. The molecule has 0 saturated carbocycles. The number of hydrogen-bond donors (Lipinski definition) is 1. The van der Waals surface area contributed by atoms with Gasteiger partial charge in [0.25, 0.3) is 10.0 Å². The summed E-state index contributed by atoms with van der Waals surface area (Å²) in [5.41, 5.74) is -1.02. The van der Waals surface area contributed by atoms with E-state index in [1.807, 2.05) is 6.92 Å². The minimum atomic E-state index is -4.14. The molecule has 1 atom stereocenters. The zero-order valence-electron chi connectivity index (χ0n) is 11.2. The molecule has 1 aromatic carbocycles. The molecule has 1 aliphatic heterocycles. The van der Waals surface area contributed by atoms with E-state index in [0.29, 0.717) is 10.1 Å². The van der Waals surface area contributed by atoms with E-state index in [1.165, 1.54) is 12.1 Å². The summed E-state index contributed by atoms with van der Waals surface area (Å²) in [5.74, 6) is 0. The average Bonchev–Trinajstić information content (AvgIpc) is 2.66. The molecular formula is C12H13Cl3N2O3S. The molecule has 0 bridgehead atoms. The summed E-state index contributed by atoms with van der Waals surface area (Å²) in [6, 6.07) is 6.08. The first-order valence-electron chi connectivity index (χ1n) is 5.94. The molecule has 116 valence electrons. The molecule has 0 fully saturated rings. The minimum absolute atomic E-state index is 0.0424. The van der Waals surface area contributed by atoms with E-state index in [-0.39, 0.29) is 11.3 Å². The van der Waals surface area contributed by atoms with E-state index in [4.69, 9.17) is 34.8 Å². The number of rotatable bonds is 2. The molecule has 1 unspecified atom stereocenters. The lowest BCUT2D eigenvalue weighted by atomic mass is 10.1. The van der Waals surface area contributed by atoms with Gasteiger partial charge in [0.15, 0.2) is 0 Å². The van der Waals surface area contributed by atoms with Gasteiger partial charge in [-0.2, -0.15) is 13.5 Å². The number of halogens is 3. The van der Waals surface area contributed by atoms with Gasteiger partial charge in [-0.15, -0.1) is 4.41 Å². The van der Waals surface area contributed by atoms with E-state index in [0.717, 1.165) is 5.56 Å². The molecule has 0 aromatic heterocycles. The number of aliphatic hydroxyl groups is 1. The van der Waals surface area contributed by atoms with Crippen molar-refractivity contribution in [3.8, 4) is 0 Å². The van der Waals surface area contributed by atoms with Crippen LogP contribution in [0, 0.1) is 6.92 Å². The fraction of sp³-hybridized carbons (Fsp3) is 0.417. The van der Waals surface area contributed by atoms with Crippen molar-refractivity contribution in [2.75, 3.05) is 0 Å². The first-order valence-corrected chi connectivity index (χ1v) is 8.51. The Morgan fingerprint density at radius 2 is 1.76 bits per heavy atom. The summed E-state index contributed by atoms with van der Waals surface area (Å²) >= 11 is 17.3. The first-order chi connectivity index (χ1) is 9.48. The van der Waals surface area contributed by atoms with E-state index >= 15 is 0 Å². The third-order valence-electron chi connectivity index (χ3n) is 3.08. The molecule has 0 saturated heterocycles. The smallest absolute Gasteiger partial charge is 0.281 e. The molecule has 1 heterocycles. The van der Waals surface area contributed by atoms with Gasteiger partial charge >= 0.3 is 0 Å². The van der Waals surface area contributed by atoms with Crippen LogP contribution in [0.15, 0.2) is 34.3 Å². The Morgan fingerprint density at radius 1 is 1.24 bits per heavy atom. The lowest BCUT2D eigenvalue weighted by Gasteiger charge is -2.36. The fourth-order valence-corrected chi connectivity index (χ4v) is 4.09. The van der Waals surface area contributed by atoms with Crippen molar-refractivity contribution in [3.63, 3.8) is 0 Å². The average molecular weight is 372 g/mol. The maximum absolute atomic E-state index is 12.6. The van der Waals surface area contributed by atoms with Crippen molar-refractivity contribution >= 4 is 50.5 Å². The second-order valence-corrected chi connectivity index (χ2v) is 8.94. The molecule has 2 rings (SSSR count). The van der Waals surface area contributed by atoms with Gasteiger partial charge in [0, 0.05) is 12.1 Å². The highest BCUT2D eigenvalue weighted by atomic mass is 35.6. The fourth-order valence-electron chi connectivity index (χ4n) is 1.97. The van der Waals surface area contributed by atoms with E-state index in [2.05, 4.69) is 5.10 Å². The van der Waals surface area contributed by atoms with Gasteiger partial charge in [-0.05, 0) is 26.0 Å². The van der Waals surface area contributed by atoms with Crippen LogP contribution in [0.4, 0.5) is 0 Å². The summed E-state index contributed by atoms with van der Waals surface area (Å²) < 4.78 is 23.5. The zero-order chi connectivity index (χ0) is 16.1. The third kappa shape index (κ3) is 2.87. The predicted molar refractivity (Wildman–Crippen MR) is 83.2 cm³/mol. The van der Waals surface area contributed by atoms with Gasteiger partial charge in [-0.3, -0.25) is 0 Å². The van der Waals surface area contributed by atoms with Crippen molar-refractivity contribution in [1.29, 1.82) is 0 Å². The third-order valence-corrected chi connectivity index (χ3v) is 5.70. The number of hydrogen-bond acceptors (Lipinski definition) is 4. The van der Waals surface area contributed by atoms with Crippen molar-refractivity contribution in [2.45, 2.75) is 34.7 Å². The molecular weight excluding hydrogens is 359 g/mol. The Labute approximate surface area is 138 Å². The summed E-state index contributed by atoms with van der Waals surface area (Å²) in [5, 5.41) is 14.4. The monoisotopic (exact) mass is 370 g/mol. The Morgan fingerprint density at radius 3 is 2.24 bits per heavy atom. The Bertz CT molecular complexity index is 683. The maximum Gasteiger partial charge on any atom is 0.281 e. The van der Waals surface area contributed by atoms with E-state index in [1.54, 1.807) is 19.1 Å². The molecule has 5 nitrogen and oxygen atoms in total. The summed E-state index contributed by atoms with van der Waals surface area (Å²) in [6.45, 7) is 3.37. The minimum Gasteiger partial charge on any atom is -0.365 e. The highest BCUT2D eigenvalue weighted by molar-refractivity contribution is 7.89. The van der Waals surface area contributed by atoms with Crippen molar-refractivity contribution < 1.29 is 13.5 Å². The highest BCUT2D eigenvalue weighted by Crippen LogP contribution is 2.47. The largest absolute Gasteiger partial charge is 0.365 e. The van der Waals surface area contributed by atoms with Gasteiger partial charge in [0.2, 0.25) is 9.52 Å². The molecule has 21 heavy (non-hydrogen) atoms. The van der Waals surface area contributed by atoms with Crippen LogP contribution in [0.1, 0.15) is 18.9 Å². The molecule has 0 spiro atoms. The number of sulfonamides is 1. The van der Waals surface area contributed by atoms with Gasteiger partial charge in [-0.25, -0.2) is 0 Å². The zero-order valence-corrected chi connectivity index (χ0v) is 14.3. The second-order valence-electron chi connectivity index (χ2n) is 4.89. The molecule has 9 heteroatoms. The second kappa shape index (κ2) is 5.28. The normalized spacial score (nSPS) is 23.3. The Kier molecular flexibility index (Phi) is 4.23. The Hall–Kier alpha value is -0.530. The molecule has 1 N–H and O–H groups in total. The van der Waals surface area contributed by atoms with E-state index in [9.17, 15) is 13.5 Å². The standard InChI is InChI=1S/C12H13Cl3N2O3S/c1-8-3-5-10(6-4-8)21(19,20)17-11(18,12(13,14)15)7-9(2)16-17/h3-6,18H,7H2,1-2H3. The SMILES string of the molecule is CC1=NN(S(=O)(=O)c2ccc(C)cc2)C(O)(C(Cl)(Cl)Cl)C1. The number of aryl methyl sites for hydroxylation is 1. The summed E-state index contributed by atoms with van der Waals surface area (Å²) in [6.07, 6.45) is -0.186. The maximum atomic E-state index is 12.6. The van der Waals surface area contributed by atoms with Crippen LogP contribution in [-0.4, -0.2) is 33.2 Å². The predicted octanol–water partition coefficient (Wildman–Crippen LogP) is 2.82. The van der Waals surface area contributed by atoms with E-state index < -0.39 is 19.5 Å². The van der Waals surface area contributed by atoms with Crippen LogP contribution in [0.25, 0.3) is 0 Å². The van der Waals surface area contributed by atoms with Crippen LogP contribution in [0.3, 0.4) is 0 Å². The molecule has 0 aliphatic carbocycles. The summed E-state index contributed by atoms with van der Waals surface area (Å²) in [4.78, 5) is -0.0424. The molecule has 1 aromatic rings. The van der Waals surface area contributed by atoms with Crippen LogP contribution in [0.5, 0.6) is 0 Å². The topological polar surface area (TPSA) is 70.0 Å². The number of nitrogens with zero attached hydrogens (tertiary/aromatic N) is 2. The first kappa shape index (κ1) is 16.8. The van der Waals surface area contributed by atoms with Crippen molar-refractivity contribution in [3.05, 3.63) is 29.8 Å². The van der Waals surface area contributed by atoms with Crippen molar-refractivity contribution in [2.24, 2.45) is 5.10 Å². The van der Waals surface area contributed by atoms with Crippen LogP contribution in [0.2, 0.25) is 0 Å².